The Balaban J connectivity index is 1.34. The zero-order chi connectivity index (χ0) is 24.6. The SMILES string of the molecule is COc1ccc(C2CC(C(F)(F)F)n3nc(C(=O)N4CCN(c5ccccc5)CC4)cc3N2)cc1. The number of amides is 1. The number of para-hydroxylation sites is 1. The molecule has 5 rings (SSSR count). The van der Waals surface area contributed by atoms with Gasteiger partial charge in [0.25, 0.3) is 5.91 Å². The third kappa shape index (κ3) is 4.65. The summed E-state index contributed by atoms with van der Waals surface area (Å²) in [5, 5.41) is 7.26. The van der Waals surface area contributed by atoms with Crippen molar-refractivity contribution in [2.75, 3.05) is 43.5 Å². The van der Waals surface area contributed by atoms with Crippen molar-refractivity contribution in [1.82, 2.24) is 14.7 Å². The molecule has 1 fully saturated rings. The lowest BCUT2D eigenvalue weighted by atomic mass is 9.97. The molecule has 2 unspecified atom stereocenters. The van der Waals surface area contributed by atoms with Gasteiger partial charge in [-0.05, 0) is 29.8 Å². The van der Waals surface area contributed by atoms with Gasteiger partial charge in [0.05, 0.1) is 13.2 Å². The Morgan fingerprint density at radius 2 is 1.71 bits per heavy atom. The molecular formula is C25H26F3N5O2. The normalized spacial score (nSPS) is 20.2. The van der Waals surface area contributed by atoms with Crippen molar-refractivity contribution in [3.05, 3.63) is 71.9 Å². The van der Waals surface area contributed by atoms with Gasteiger partial charge in [-0.25, -0.2) is 4.68 Å². The van der Waals surface area contributed by atoms with Crippen molar-refractivity contribution >= 4 is 17.4 Å². The number of ether oxygens (including phenoxy) is 1. The summed E-state index contributed by atoms with van der Waals surface area (Å²) < 4.78 is 48.0. The molecule has 35 heavy (non-hydrogen) atoms. The highest BCUT2D eigenvalue weighted by atomic mass is 19.4. The Hall–Kier alpha value is -3.69. The lowest BCUT2D eigenvalue weighted by molar-refractivity contribution is -0.173. The summed E-state index contributed by atoms with van der Waals surface area (Å²) in [6.07, 6.45) is -4.73. The van der Waals surface area contributed by atoms with Crippen LogP contribution in [-0.2, 0) is 0 Å². The van der Waals surface area contributed by atoms with E-state index in [1.165, 1.54) is 13.2 Å². The Bertz CT molecular complexity index is 1170. The number of hydrogen-bond donors (Lipinski definition) is 1. The second-order valence-electron chi connectivity index (χ2n) is 8.74. The van der Waals surface area contributed by atoms with E-state index in [1.54, 1.807) is 29.2 Å². The molecular weight excluding hydrogens is 459 g/mol. The molecule has 0 bridgehead atoms. The largest absolute Gasteiger partial charge is 0.497 e. The lowest BCUT2D eigenvalue weighted by Crippen LogP contribution is -2.49. The van der Waals surface area contributed by atoms with Crippen LogP contribution in [0.2, 0.25) is 0 Å². The number of carbonyl (C=O) groups excluding carboxylic acids is 1. The summed E-state index contributed by atoms with van der Waals surface area (Å²) in [6, 6.07) is 15.9. The van der Waals surface area contributed by atoms with Gasteiger partial charge in [0, 0.05) is 44.4 Å². The second kappa shape index (κ2) is 9.16. The quantitative estimate of drug-likeness (QED) is 0.589. The third-order valence-electron chi connectivity index (χ3n) is 6.62. The third-order valence-corrected chi connectivity index (χ3v) is 6.62. The van der Waals surface area contributed by atoms with E-state index in [2.05, 4.69) is 15.3 Å². The standard InChI is InChI=1S/C25H26F3N5O2/c1-35-19-9-7-17(8-10-19)20-15-22(25(26,27)28)33-23(29-20)16-21(30-33)24(34)32-13-11-31(12-14-32)18-5-3-2-4-6-18/h2-10,16,20,22,29H,11-15H2,1H3. The number of carbonyl (C=O) groups is 1. The molecule has 0 saturated carbocycles. The van der Waals surface area contributed by atoms with Crippen molar-refractivity contribution in [2.24, 2.45) is 0 Å². The van der Waals surface area contributed by atoms with Gasteiger partial charge in [0.2, 0.25) is 0 Å². The van der Waals surface area contributed by atoms with Gasteiger partial charge in [-0.2, -0.15) is 18.3 Å². The molecule has 2 aliphatic heterocycles. The Kier molecular flexibility index (Phi) is 6.04. The van der Waals surface area contributed by atoms with Crippen LogP contribution in [0.4, 0.5) is 24.7 Å². The minimum atomic E-state index is -4.50. The van der Waals surface area contributed by atoms with Crippen molar-refractivity contribution in [3.8, 4) is 5.75 Å². The Morgan fingerprint density at radius 1 is 1.03 bits per heavy atom. The van der Waals surface area contributed by atoms with E-state index >= 15 is 0 Å². The molecule has 2 atom stereocenters. The minimum Gasteiger partial charge on any atom is -0.497 e. The topological polar surface area (TPSA) is 62.6 Å². The van der Waals surface area contributed by atoms with Crippen LogP contribution in [-0.4, -0.2) is 60.1 Å². The molecule has 1 N–H and O–H groups in total. The molecule has 2 aromatic carbocycles. The summed E-state index contributed by atoms with van der Waals surface area (Å²) >= 11 is 0. The van der Waals surface area contributed by atoms with Gasteiger partial charge in [0.15, 0.2) is 11.7 Å². The van der Waals surface area contributed by atoms with Crippen LogP contribution in [0, 0.1) is 0 Å². The first kappa shape index (κ1) is 23.1. The Morgan fingerprint density at radius 3 is 2.34 bits per heavy atom. The fraction of sp³-hybridized carbons (Fsp3) is 0.360. The van der Waals surface area contributed by atoms with Gasteiger partial charge in [-0.1, -0.05) is 30.3 Å². The van der Waals surface area contributed by atoms with E-state index in [0.29, 0.717) is 37.5 Å². The summed E-state index contributed by atoms with van der Waals surface area (Å²) in [6.45, 7) is 2.24. The number of halogens is 3. The highest BCUT2D eigenvalue weighted by Crippen LogP contribution is 2.43. The average molecular weight is 486 g/mol. The molecule has 0 spiro atoms. The molecule has 1 aromatic heterocycles. The number of alkyl halides is 3. The molecule has 0 radical (unpaired) electrons. The predicted octanol–water partition coefficient (Wildman–Crippen LogP) is 4.51. The first-order valence-corrected chi connectivity index (χ1v) is 11.5. The minimum absolute atomic E-state index is 0.0188. The van der Waals surface area contributed by atoms with Gasteiger partial charge in [-0.3, -0.25) is 4.79 Å². The maximum absolute atomic E-state index is 14.0. The van der Waals surface area contributed by atoms with Crippen LogP contribution in [0.5, 0.6) is 5.75 Å². The van der Waals surface area contributed by atoms with Gasteiger partial charge in [0.1, 0.15) is 11.6 Å². The Labute approximate surface area is 201 Å². The smallest absolute Gasteiger partial charge is 0.410 e. The summed E-state index contributed by atoms with van der Waals surface area (Å²) in [5.74, 6) is 0.455. The first-order chi connectivity index (χ1) is 16.8. The molecule has 2 aliphatic rings. The zero-order valence-corrected chi connectivity index (χ0v) is 19.2. The number of hydrogen-bond acceptors (Lipinski definition) is 5. The number of anilines is 2. The average Bonchev–Trinajstić information content (AvgIpc) is 3.32. The molecule has 1 amide bonds. The molecule has 7 nitrogen and oxygen atoms in total. The first-order valence-electron chi connectivity index (χ1n) is 11.5. The van der Waals surface area contributed by atoms with Crippen LogP contribution in [0.15, 0.2) is 60.7 Å². The maximum Gasteiger partial charge on any atom is 0.410 e. The van der Waals surface area contributed by atoms with E-state index in [1.807, 2.05) is 30.3 Å². The zero-order valence-electron chi connectivity index (χ0n) is 19.2. The van der Waals surface area contributed by atoms with Crippen LogP contribution < -0.4 is 15.0 Å². The number of benzene rings is 2. The van der Waals surface area contributed by atoms with Crippen molar-refractivity contribution in [2.45, 2.75) is 24.7 Å². The fourth-order valence-corrected chi connectivity index (χ4v) is 4.70. The van der Waals surface area contributed by atoms with Crippen LogP contribution in [0.1, 0.15) is 34.6 Å². The predicted molar refractivity (Wildman–Crippen MR) is 126 cm³/mol. The van der Waals surface area contributed by atoms with E-state index in [4.69, 9.17) is 4.74 Å². The summed E-state index contributed by atoms with van der Waals surface area (Å²) in [5.41, 5.74) is 1.81. The van der Waals surface area contributed by atoms with Crippen LogP contribution in [0.25, 0.3) is 0 Å². The lowest BCUT2D eigenvalue weighted by Gasteiger charge is -2.35. The number of piperazine rings is 1. The highest BCUT2D eigenvalue weighted by molar-refractivity contribution is 5.93. The van der Waals surface area contributed by atoms with E-state index in [9.17, 15) is 18.0 Å². The van der Waals surface area contributed by atoms with E-state index in [0.717, 1.165) is 10.4 Å². The van der Waals surface area contributed by atoms with Gasteiger partial charge in [-0.15, -0.1) is 0 Å². The molecule has 184 valence electrons. The fourth-order valence-electron chi connectivity index (χ4n) is 4.70. The summed E-state index contributed by atoms with van der Waals surface area (Å²) in [4.78, 5) is 17.0. The maximum atomic E-state index is 14.0. The van der Waals surface area contributed by atoms with Crippen molar-refractivity contribution < 1.29 is 22.7 Å². The number of methoxy groups -OCH3 is 1. The second-order valence-corrected chi connectivity index (χ2v) is 8.74. The van der Waals surface area contributed by atoms with Crippen molar-refractivity contribution in [1.29, 1.82) is 0 Å². The molecule has 10 heteroatoms. The highest BCUT2D eigenvalue weighted by Gasteiger charge is 2.47. The van der Waals surface area contributed by atoms with Crippen LogP contribution >= 0.6 is 0 Å². The van der Waals surface area contributed by atoms with Gasteiger partial charge < -0.3 is 19.9 Å². The van der Waals surface area contributed by atoms with E-state index < -0.39 is 18.3 Å². The molecule has 3 aromatic rings. The number of aromatic nitrogens is 2. The van der Waals surface area contributed by atoms with Crippen LogP contribution in [0.3, 0.4) is 0 Å². The number of fused-ring (bicyclic) bond motifs is 1. The van der Waals surface area contributed by atoms with Crippen molar-refractivity contribution in [3.63, 3.8) is 0 Å². The molecule has 0 aliphatic carbocycles. The number of rotatable bonds is 4. The number of nitrogens with one attached hydrogen (secondary N) is 1. The van der Waals surface area contributed by atoms with Gasteiger partial charge >= 0.3 is 6.18 Å². The molecule has 3 heterocycles. The monoisotopic (exact) mass is 485 g/mol. The number of nitrogens with zero attached hydrogens (tertiary/aromatic N) is 4. The van der Waals surface area contributed by atoms with E-state index in [-0.39, 0.29) is 23.8 Å². The molecule has 1 saturated heterocycles. The summed E-state index contributed by atoms with van der Waals surface area (Å²) in [7, 11) is 1.53.